The summed E-state index contributed by atoms with van der Waals surface area (Å²) in [5, 5.41) is 0. The van der Waals surface area contributed by atoms with Crippen LogP contribution in [0, 0.1) is 0 Å². The van der Waals surface area contributed by atoms with Gasteiger partial charge in [-0.1, -0.05) is 6.92 Å². The van der Waals surface area contributed by atoms with Gasteiger partial charge in [0.15, 0.2) is 23.0 Å². The minimum atomic E-state index is 0.381. The quantitative estimate of drug-likeness (QED) is 0.836. The van der Waals surface area contributed by atoms with Crippen molar-refractivity contribution in [1.82, 2.24) is 0 Å². The SMILES string of the molecule is COc1cc2c(cc1OC)CC(C)c1cc(OC)c(OC)cc1CC2. The second-order valence-electron chi connectivity index (χ2n) is 6.49. The van der Waals surface area contributed by atoms with E-state index < -0.39 is 0 Å². The molecule has 0 spiro atoms. The zero-order valence-corrected chi connectivity index (χ0v) is 15.6. The molecule has 2 aromatic carbocycles. The lowest BCUT2D eigenvalue weighted by Gasteiger charge is -2.25. The summed E-state index contributed by atoms with van der Waals surface area (Å²) in [6, 6.07) is 8.49. The molecule has 0 heterocycles. The van der Waals surface area contributed by atoms with Crippen molar-refractivity contribution in [2.24, 2.45) is 0 Å². The van der Waals surface area contributed by atoms with Gasteiger partial charge < -0.3 is 18.9 Å². The molecule has 1 unspecified atom stereocenters. The van der Waals surface area contributed by atoms with Gasteiger partial charge >= 0.3 is 0 Å². The molecule has 3 rings (SSSR count). The van der Waals surface area contributed by atoms with Crippen LogP contribution in [0.1, 0.15) is 35.1 Å². The Hall–Kier alpha value is -2.36. The Balaban J connectivity index is 2.04. The average Bonchev–Trinajstić information content (AvgIpc) is 2.64. The largest absolute Gasteiger partial charge is 0.493 e. The Kier molecular flexibility index (Phi) is 5.07. The van der Waals surface area contributed by atoms with Crippen LogP contribution in [0.5, 0.6) is 23.0 Å². The van der Waals surface area contributed by atoms with Gasteiger partial charge in [-0.2, -0.15) is 0 Å². The molecule has 2 aromatic rings. The summed E-state index contributed by atoms with van der Waals surface area (Å²) in [5.41, 5.74) is 5.30. The number of methoxy groups -OCH3 is 4. The molecule has 1 aliphatic rings. The maximum absolute atomic E-state index is 5.50. The maximum atomic E-state index is 5.50. The van der Waals surface area contributed by atoms with E-state index in [9.17, 15) is 0 Å². The van der Waals surface area contributed by atoms with Crippen LogP contribution in [-0.4, -0.2) is 28.4 Å². The van der Waals surface area contributed by atoms with Gasteiger partial charge in [0.1, 0.15) is 0 Å². The summed E-state index contributed by atoms with van der Waals surface area (Å²) >= 11 is 0. The van der Waals surface area contributed by atoms with E-state index in [1.165, 1.54) is 22.3 Å². The molecule has 0 saturated heterocycles. The number of hydrogen-bond acceptors (Lipinski definition) is 4. The molecule has 0 fully saturated rings. The van der Waals surface area contributed by atoms with Crippen LogP contribution in [0.3, 0.4) is 0 Å². The number of ether oxygens (including phenoxy) is 4. The first-order valence-corrected chi connectivity index (χ1v) is 8.59. The second-order valence-corrected chi connectivity index (χ2v) is 6.49. The van der Waals surface area contributed by atoms with Gasteiger partial charge in [0.2, 0.25) is 0 Å². The maximum Gasteiger partial charge on any atom is 0.161 e. The molecule has 134 valence electrons. The van der Waals surface area contributed by atoms with Gasteiger partial charge in [0.25, 0.3) is 0 Å². The van der Waals surface area contributed by atoms with Gasteiger partial charge in [-0.25, -0.2) is 0 Å². The molecule has 0 radical (unpaired) electrons. The highest BCUT2D eigenvalue weighted by atomic mass is 16.5. The summed E-state index contributed by atoms with van der Waals surface area (Å²) < 4.78 is 21.9. The van der Waals surface area contributed by atoms with Gasteiger partial charge in [-0.3, -0.25) is 0 Å². The fourth-order valence-corrected chi connectivity index (χ4v) is 3.71. The van der Waals surface area contributed by atoms with Gasteiger partial charge in [0, 0.05) is 0 Å². The molecule has 0 aliphatic heterocycles. The predicted octanol–water partition coefficient (Wildman–Crippen LogP) is 4.17. The number of fused-ring (bicyclic) bond motifs is 2. The monoisotopic (exact) mass is 342 g/mol. The zero-order valence-electron chi connectivity index (χ0n) is 15.6. The summed E-state index contributed by atoms with van der Waals surface area (Å²) in [4.78, 5) is 0. The van der Waals surface area contributed by atoms with Crippen molar-refractivity contribution < 1.29 is 18.9 Å². The van der Waals surface area contributed by atoms with E-state index in [2.05, 4.69) is 31.2 Å². The Bertz CT molecular complexity index is 767. The second kappa shape index (κ2) is 7.26. The first kappa shape index (κ1) is 17.5. The van der Waals surface area contributed by atoms with Crippen molar-refractivity contribution in [2.45, 2.75) is 32.1 Å². The summed E-state index contributed by atoms with van der Waals surface area (Å²) in [6.45, 7) is 2.26. The van der Waals surface area contributed by atoms with E-state index in [1.807, 2.05) is 0 Å². The lowest BCUT2D eigenvalue weighted by Crippen LogP contribution is -2.11. The van der Waals surface area contributed by atoms with E-state index >= 15 is 0 Å². The Morgan fingerprint density at radius 2 is 1.08 bits per heavy atom. The van der Waals surface area contributed by atoms with Gasteiger partial charge in [0.05, 0.1) is 28.4 Å². The fraction of sp³-hybridized carbons (Fsp3) is 0.429. The predicted molar refractivity (Wildman–Crippen MR) is 98.6 cm³/mol. The van der Waals surface area contributed by atoms with Crippen molar-refractivity contribution >= 4 is 0 Å². The smallest absolute Gasteiger partial charge is 0.161 e. The van der Waals surface area contributed by atoms with Crippen LogP contribution in [0.15, 0.2) is 24.3 Å². The highest BCUT2D eigenvalue weighted by Crippen LogP contribution is 2.39. The molecule has 0 bridgehead atoms. The minimum Gasteiger partial charge on any atom is -0.493 e. The molecule has 25 heavy (non-hydrogen) atoms. The Morgan fingerprint density at radius 3 is 1.64 bits per heavy atom. The normalized spacial score (nSPS) is 16.1. The van der Waals surface area contributed by atoms with E-state index in [0.717, 1.165) is 42.3 Å². The third kappa shape index (κ3) is 3.26. The van der Waals surface area contributed by atoms with Crippen molar-refractivity contribution in [2.75, 3.05) is 28.4 Å². The number of rotatable bonds is 4. The first-order valence-electron chi connectivity index (χ1n) is 8.59. The summed E-state index contributed by atoms with van der Waals surface area (Å²) in [5.74, 6) is 3.55. The molecule has 4 heteroatoms. The third-order valence-electron chi connectivity index (χ3n) is 5.07. The van der Waals surface area contributed by atoms with E-state index in [0.29, 0.717) is 5.92 Å². The highest BCUT2D eigenvalue weighted by molar-refractivity contribution is 5.52. The Morgan fingerprint density at radius 1 is 0.640 bits per heavy atom. The minimum absolute atomic E-state index is 0.381. The fourth-order valence-electron chi connectivity index (χ4n) is 3.71. The standard InChI is InChI=1S/C21H26O4/c1-13-8-16-11-20(24-4)18(22-2)9-14(16)6-7-15-10-19(23-3)21(25-5)12-17(13)15/h9-13H,6-8H2,1-5H3. The van der Waals surface area contributed by atoms with Crippen LogP contribution in [0.4, 0.5) is 0 Å². The van der Waals surface area contributed by atoms with E-state index in [-0.39, 0.29) is 0 Å². The van der Waals surface area contributed by atoms with Crippen LogP contribution >= 0.6 is 0 Å². The lowest BCUT2D eigenvalue weighted by molar-refractivity contribution is 0.352. The average molecular weight is 342 g/mol. The lowest BCUT2D eigenvalue weighted by atomic mass is 9.82. The molecule has 0 N–H and O–H groups in total. The van der Waals surface area contributed by atoms with Crippen LogP contribution in [0.25, 0.3) is 0 Å². The molecule has 0 aromatic heterocycles. The molecule has 1 atom stereocenters. The first-order chi connectivity index (χ1) is 12.1. The van der Waals surface area contributed by atoms with E-state index in [1.54, 1.807) is 28.4 Å². The molecular weight excluding hydrogens is 316 g/mol. The Labute approximate surface area is 149 Å². The zero-order chi connectivity index (χ0) is 18.0. The van der Waals surface area contributed by atoms with Crippen LogP contribution < -0.4 is 18.9 Å². The summed E-state index contributed by atoms with van der Waals surface area (Å²) in [7, 11) is 6.73. The van der Waals surface area contributed by atoms with Crippen LogP contribution in [-0.2, 0) is 19.3 Å². The summed E-state index contributed by atoms with van der Waals surface area (Å²) in [6.07, 6.45) is 2.88. The molecular formula is C21H26O4. The number of benzene rings is 2. The van der Waals surface area contributed by atoms with Crippen molar-refractivity contribution in [3.63, 3.8) is 0 Å². The van der Waals surface area contributed by atoms with Crippen molar-refractivity contribution in [1.29, 1.82) is 0 Å². The molecule has 1 aliphatic carbocycles. The van der Waals surface area contributed by atoms with Crippen molar-refractivity contribution in [3.05, 3.63) is 46.5 Å². The topological polar surface area (TPSA) is 36.9 Å². The number of hydrogen-bond donors (Lipinski definition) is 0. The molecule has 0 saturated carbocycles. The molecule has 4 nitrogen and oxygen atoms in total. The van der Waals surface area contributed by atoms with Crippen LogP contribution in [0.2, 0.25) is 0 Å². The van der Waals surface area contributed by atoms with Crippen molar-refractivity contribution in [3.8, 4) is 23.0 Å². The van der Waals surface area contributed by atoms with Gasteiger partial charge in [-0.05, 0) is 71.7 Å². The highest BCUT2D eigenvalue weighted by Gasteiger charge is 2.22. The molecule has 0 amide bonds. The number of aryl methyl sites for hydroxylation is 2. The van der Waals surface area contributed by atoms with E-state index in [4.69, 9.17) is 18.9 Å². The van der Waals surface area contributed by atoms with Gasteiger partial charge in [-0.15, -0.1) is 0 Å². The third-order valence-corrected chi connectivity index (χ3v) is 5.07.